The van der Waals surface area contributed by atoms with E-state index in [1.54, 1.807) is 18.0 Å². The van der Waals surface area contributed by atoms with Gasteiger partial charge in [-0.1, -0.05) is 37.0 Å². The fraction of sp³-hybridized carbons (Fsp3) is 0.524. The second-order valence-electron chi connectivity index (χ2n) is 8.59. The van der Waals surface area contributed by atoms with Crippen LogP contribution in [0.2, 0.25) is 10.0 Å². The molecular weight excluding hydrogens is 504 g/mol. The van der Waals surface area contributed by atoms with Crippen LogP contribution in [0, 0.1) is 5.92 Å². The van der Waals surface area contributed by atoms with Gasteiger partial charge in [-0.2, -0.15) is 11.8 Å². The molecule has 9 nitrogen and oxygen atoms in total. The summed E-state index contributed by atoms with van der Waals surface area (Å²) in [4.78, 5) is 52.2. The van der Waals surface area contributed by atoms with E-state index in [1.165, 1.54) is 23.9 Å². The zero-order valence-corrected chi connectivity index (χ0v) is 21.3. The molecule has 0 saturated carbocycles. The molecule has 3 atom stereocenters. The number of benzene rings is 1. The van der Waals surface area contributed by atoms with Gasteiger partial charge in [0.05, 0.1) is 23.1 Å². The van der Waals surface area contributed by atoms with Crippen LogP contribution in [0.4, 0.5) is 0 Å². The van der Waals surface area contributed by atoms with E-state index in [2.05, 4.69) is 10.6 Å². The zero-order chi connectivity index (χ0) is 25.0. The highest BCUT2D eigenvalue weighted by Gasteiger charge is 2.48. The third-order valence-corrected chi connectivity index (χ3v) is 7.19. The van der Waals surface area contributed by atoms with Gasteiger partial charge in [0.2, 0.25) is 5.91 Å². The Balaban J connectivity index is 1.68. The molecule has 2 N–H and O–H groups in total. The van der Waals surface area contributed by atoms with Gasteiger partial charge in [-0.05, 0) is 37.6 Å². The van der Waals surface area contributed by atoms with Gasteiger partial charge in [-0.3, -0.25) is 24.1 Å². The first-order valence-electron chi connectivity index (χ1n) is 10.8. The average Bonchev–Trinajstić information content (AvgIpc) is 2.77. The minimum absolute atomic E-state index is 0.0886. The first-order valence-corrected chi connectivity index (χ1v) is 12.7. The smallest absolute Gasteiger partial charge is 0.497 e. The number of carbonyl (C=O) groups excluding carboxylic acids is 4. The van der Waals surface area contributed by atoms with E-state index in [-0.39, 0.29) is 23.0 Å². The number of thioether (sulfide) groups is 1. The number of nitrogens with zero attached hydrogens (tertiary/aromatic N) is 1. The maximum Gasteiger partial charge on any atom is 0.622 e. The number of halogens is 2. The van der Waals surface area contributed by atoms with Gasteiger partial charge in [0, 0.05) is 16.5 Å². The third-order valence-electron chi connectivity index (χ3n) is 5.53. The molecule has 2 aliphatic rings. The van der Waals surface area contributed by atoms with Crippen LogP contribution in [-0.4, -0.2) is 78.9 Å². The highest BCUT2D eigenvalue weighted by atomic mass is 35.5. The Bertz CT molecular complexity index is 942. The van der Waals surface area contributed by atoms with Crippen molar-refractivity contribution in [3.8, 4) is 0 Å². The highest BCUT2D eigenvalue weighted by Crippen LogP contribution is 2.26. The number of hydrogen-bond donors (Lipinski definition) is 2. The Morgan fingerprint density at radius 1 is 1.18 bits per heavy atom. The Hall–Kier alpha value is -1.95. The Morgan fingerprint density at radius 2 is 1.79 bits per heavy atom. The van der Waals surface area contributed by atoms with Crippen molar-refractivity contribution in [1.29, 1.82) is 0 Å². The molecule has 0 spiro atoms. The fourth-order valence-corrected chi connectivity index (χ4v) is 5.42. The summed E-state index contributed by atoms with van der Waals surface area (Å²) < 4.78 is 11.1. The lowest BCUT2D eigenvalue weighted by Gasteiger charge is -2.40. The SMILES string of the molecule is CC(C)CC(NC(=O)CNC(=O)c1cc(Cl)ccc1Cl)B1OC(=O)[C@H]2CSC[C@@H](C(=O)O1)N2C. The normalized spacial score (nSPS) is 21.8. The van der Waals surface area contributed by atoms with Crippen LogP contribution < -0.4 is 10.6 Å². The highest BCUT2D eigenvalue weighted by molar-refractivity contribution is 7.99. The predicted molar refractivity (Wildman–Crippen MR) is 131 cm³/mol. The van der Waals surface area contributed by atoms with E-state index in [1.807, 2.05) is 13.8 Å². The summed E-state index contributed by atoms with van der Waals surface area (Å²) in [7, 11) is 0.423. The number of likely N-dealkylation sites (N-methyl/N-ethyl adjacent to an activating group) is 1. The van der Waals surface area contributed by atoms with Crippen molar-refractivity contribution in [2.75, 3.05) is 25.1 Å². The molecule has 1 unspecified atom stereocenters. The van der Waals surface area contributed by atoms with Crippen LogP contribution >= 0.6 is 35.0 Å². The van der Waals surface area contributed by atoms with Gasteiger partial charge in [-0.15, -0.1) is 0 Å². The van der Waals surface area contributed by atoms with Crippen molar-refractivity contribution < 1.29 is 28.5 Å². The average molecular weight is 530 g/mol. The molecule has 1 aromatic rings. The molecular formula is C21H26BCl2N3O6S. The van der Waals surface area contributed by atoms with Crippen LogP contribution in [0.1, 0.15) is 30.6 Å². The predicted octanol–water partition coefficient (Wildman–Crippen LogP) is 1.80. The lowest BCUT2D eigenvalue weighted by atomic mass is 9.73. The number of rotatable bonds is 7. The first kappa shape index (κ1) is 26.7. The Labute approximate surface area is 212 Å². The lowest BCUT2D eigenvalue weighted by Crippen LogP contribution is -2.62. The topological polar surface area (TPSA) is 114 Å². The first-order chi connectivity index (χ1) is 16.1. The second kappa shape index (κ2) is 11.7. The summed E-state index contributed by atoms with van der Waals surface area (Å²) in [5.74, 6) is -1.82. The number of carbonyl (C=O) groups is 4. The third kappa shape index (κ3) is 6.59. The van der Waals surface area contributed by atoms with Crippen molar-refractivity contribution >= 4 is 65.8 Å². The lowest BCUT2D eigenvalue weighted by molar-refractivity contribution is -0.153. The quantitative estimate of drug-likeness (QED) is 0.514. The van der Waals surface area contributed by atoms with E-state index in [0.717, 1.165) is 0 Å². The largest absolute Gasteiger partial charge is 0.622 e. The van der Waals surface area contributed by atoms with Gasteiger partial charge >= 0.3 is 19.1 Å². The molecule has 2 fully saturated rings. The molecule has 0 radical (unpaired) electrons. The van der Waals surface area contributed by atoms with Crippen LogP contribution in [-0.2, 0) is 23.7 Å². The van der Waals surface area contributed by atoms with Crippen molar-refractivity contribution in [2.45, 2.75) is 38.3 Å². The molecule has 3 rings (SSSR count). The maximum atomic E-state index is 12.8. The van der Waals surface area contributed by atoms with Crippen molar-refractivity contribution in [3.05, 3.63) is 33.8 Å². The standard InChI is InChI=1S/C21H26BCl2N3O6S/c1-11(2)6-17(22-32-20(30)15-9-34-10-16(27(15)3)21(31)33-22)26-18(28)8-25-19(29)13-7-12(23)4-5-14(13)24/h4-5,7,11,15-17H,6,8-10H2,1-3H3,(H,25,29)(H,26,28)/t15-,16+,17?. The molecule has 13 heteroatoms. The van der Waals surface area contributed by atoms with E-state index < -0.39 is 48.9 Å². The van der Waals surface area contributed by atoms with Crippen LogP contribution in [0.25, 0.3) is 0 Å². The fourth-order valence-electron chi connectivity index (χ4n) is 3.72. The Morgan fingerprint density at radius 3 is 2.38 bits per heavy atom. The van der Waals surface area contributed by atoms with Crippen LogP contribution in [0.15, 0.2) is 18.2 Å². The minimum Gasteiger partial charge on any atom is -0.497 e. The van der Waals surface area contributed by atoms with Gasteiger partial charge in [0.1, 0.15) is 12.1 Å². The number of hydrogen-bond acceptors (Lipinski definition) is 8. The Kier molecular flexibility index (Phi) is 9.14. The summed E-state index contributed by atoms with van der Waals surface area (Å²) in [6.45, 7) is 3.48. The summed E-state index contributed by atoms with van der Waals surface area (Å²) in [5.41, 5.74) is 0.136. The molecule has 0 aromatic heterocycles. The molecule has 184 valence electrons. The maximum absolute atomic E-state index is 12.8. The number of nitrogens with one attached hydrogen (secondary N) is 2. The van der Waals surface area contributed by atoms with E-state index >= 15 is 0 Å². The molecule has 2 saturated heterocycles. The molecule has 1 aromatic carbocycles. The van der Waals surface area contributed by atoms with Gasteiger partial charge in [0.15, 0.2) is 0 Å². The van der Waals surface area contributed by atoms with E-state index in [0.29, 0.717) is 22.9 Å². The molecule has 2 bridgehead atoms. The molecule has 2 heterocycles. The summed E-state index contributed by atoms with van der Waals surface area (Å²) in [6.07, 6.45) is 0.380. The zero-order valence-electron chi connectivity index (χ0n) is 19.0. The van der Waals surface area contributed by atoms with Gasteiger partial charge in [0.25, 0.3) is 5.91 Å². The van der Waals surface area contributed by atoms with Gasteiger partial charge in [-0.25, -0.2) is 0 Å². The van der Waals surface area contributed by atoms with E-state index in [9.17, 15) is 19.2 Å². The minimum atomic E-state index is -1.27. The van der Waals surface area contributed by atoms with Crippen molar-refractivity contribution in [1.82, 2.24) is 15.5 Å². The monoisotopic (exact) mass is 529 g/mol. The summed E-state index contributed by atoms with van der Waals surface area (Å²) in [6, 6.07) is 3.29. The van der Waals surface area contributed by atoms with Crippen molar-refractivity contribution in [2.24, 2.45) is 5.92 Å². The van der Waals surface area contributed by atoms with Crippen LogP contribution in [0.5, 0.6) is 0 Å². The molecule has 2 aliphatic heterocycles. The molecule has 34 heavy (non-hydrogen) atoms. The molecule has 0 aliphatic carbocycles. The number of amides is 2. The second-order valence-corrected chi connectivity index (χ2v) is 10.5. The number of fused-ring (bicyclic) bond motifs is 2. The van der Waals surface area contributed by atoms with Crippen LogP contribution in [0.3, 0.4) is 0 Å². The van der Waals surface area contributed by atoms with Crippen molar-refractivity contribution in [3.63, 3.8) is 0 Å². The summed E-state index contributed by atoms with van der Waals surface area (Å²) in [5, 5.41) is 5.75. The van der Waals surface area contributed by atoms with Gasteiger partial charge < -0.3 is 19.9 Å². The summed E-state index contributed by atoms with van der Waals surface area (Å²) >= 11 is 13.4. The molecule has 2 amide bonds. The van der Waals surface area contributed by atoms with E-state index in [4.69, 9.17) is 32.5 Å².